The van der Waals surface area contributed by atoms with E-state index in [-0.39, 0.29) is 12.5 Å². The number of nitrogens with one attached hydrogen (secondary N) is 1. The first-order valence-corrected chi connectivity index (χ1v) is 5.12. The van der Waals surface area contributed by atoms with Crippen molar-refractivity contribution in [1.29, 1.82) is 0 Å². The van der Waals surface area contributed by atoms with E-state index in [9.17, 15) is 9.59 Å². The standard InChI is InChI=1S/C10H20N2O4/c1-6-15-12(5)8(13)7-11-9(14)16-10(2,3)4/h6-7H2,1-5H3,(H,11,14). The molecule has 0 aromatic carbocycles. The number of hydroxylamine groups is 2. The van der Waals surface area contributed by atoms with Crippen LogP contribution in [0.25, 0.3) is 0 Å². The van der Waals surface area contributed by atoms with Gasteiger partial charge in [-0.2, -0.15) is 0 Å². The van der Waals surface area contributed by atoms with Crippen LogP contribution in [-0.4, -0.2) is 42.9 Å². The van der Waals surface area contributed by atoms with Gasteiger partial charge in [-0.15, -0.1) is 0 Å². The molecule has 6 heteroatoms. The van der Waals surface area contributed by atoms with Gasteiger partial charge in [-0.05, 0) is 27.7 Å². The Kier molecular flexibility index (Phi) is 5.81. The van der Waals surface area contributed by atoms with Crippen molar-refractivity contribution in [2.24, 2.45) is 0 Å². The van der Waals surface area contributed by atoms with Gasteiger partial charge in [0.05, 0.1) is 6.61 Å². The Morgan fingerprint density at radius 3 is 2.31 bits per heavy atom. The highest BCUT2D eigenvalue weighted by Crippen LogP contribution is 2.06. The third-order valence-electron chi connectivity index (χ3n) is 1.46. The van der Waals surface area contributed by atoms with Gasteiger partial charge in [0.2, 0.25) is 0 Å². The summed E-state index contributed by atoms with van der Waals surface area (Å²) in [4.78, 5) is 27.5. The summed E-state index contributed by atoms with van der Waals surface area (Å²) in [7, 11) is 1.49. The third kappa shape index (κ3) is 7.05. The average molecular weight is 232 g/mol. The molecule has 0 spiro atoms. The van der Waals surface area contributed by atoms with Crippen LogP contribution in [0.5, 0.6) is 0 Å². The maximum atomic E-state index is 11.3. The van der Waals surface area contributed by atoms with Gasteiger partial charge in [-0.1, -0.05) is 0 Å². The lowest BCUT2D eigenvalue weighted by Gasteiger charge is -2.20. The summed E-state index contributed by atoms with van der Waals surface area (Å²) < 4.78 is 4.97. The summed E-state index contributed by atoms with van der Waals surface area (Å²) >= 11 is 0. The summed E-state index contributed by atoms with van der Waals surface area (Å²) in [6, 6.07) is 0. The molecule has 2 amide bonds. The van der Waals surface area contributed by atoms with Gasteiger partial charge in [0, 0.05) is 7.05 Å². The molecule has 0 saturated carbocycles. The summed E-state index contributed by atoms with van der Waals surface area (Å²) in [6.45, 7) is 7.27. The highest BCUT2D eigenvalue weighted by atomic mass is 16.7. The van der Waals surface area contributed by atoms with Gasteiger partial charge in [-0.3, -0.25) is 9.63 Å². The minimum atomic E-state index is -0.620. The predicted molar refractivity (Wildman–Crippen MR) is 58.6 cm³/mol. The van der Waals surface area contributed by atoms with Crippen LogP contribution in [0.2, 0.25) is 0 Å². The SMILES string of the molecule is CCON(C)C(=O)CNC(=O)OC(C)(C)C. The maximum Gasteiger partial charge on any atom is 0.408 e. The fourth-order valence-electron chi connectivity index (χ4n) is 0.839. The van der Waals surface area contributed by atoms with Crippen molar-refractivity contribution in [2.75, 3.05) is 20.2 Å². The normalized spacial score (nSPS) is 10.8. The van der Waals surface area contributed by atoms with Crippen LogP contribution in [0.1, 0.15) is 27.7 Å². The molecule has 0 saturated heterocycles. The highest BCUT2D eigenvalue weighted by Gasteiger charge is 2.17. The number of ether oxygens (including phenoxy) is 1. The van der Waals surface area contributed by atoms with E-state index >= 15 is 0 Å². The minimum absolute atomic E-state index is 0.147. The van der Waals surface area contributed by atoms with Gasteiger partial charge in [-0.25, -0.2) is 9.86 Å². The quantitative estimate of drug-likeness (QED) is 0.732. The zero-order chi connectivity index (χ0) is 12.8. The summed E-state index contributed by atoms with van der Waals surface area (Å²) in [6.07, 6.45) is -0.620. The van der Waals surface area contributed by atoms with E-state index in [1.165, 1.54) is 7.05 Å². The maximum absolute atomic E-state index is 11.3. The minimum Gasteiger partial charge on any atom is -0.444 e. The first kappa shape index (κ1) is 14.7. The first-order valence-electron chi connectivity index (χ1n) is 5.12. The van der Waals surface area contributed by atoms with E-state index in [1.54, 1.807) is 27.7 Å². The van der Waals surface area contributed by atoms with Crippen molar-refractivity contribution in [1.82, 2.24) is 10.4 Å². The lowest BCUT2D eigenvalue weighted by atomic mass is 10.2. The van der Waals surface area contributed by atoms with Gasteiger partial charge >= 0.3 is 6.09 Å². The van der Waals surface area contributed by atoms with E-state index in [2.05, 4.69) is 5.32 Å². The van der Waals surface area contributed by atoms with E-state index in [1.807, 2.05) is 0 Å². The van der Waals surface area contributed by atoms with Crippen molar-refractivity contribution in [3.63, 3.8) is 0 Å². The Morgan fingerprint density at radius 1 is 1.31 bits per heavy atom. The van der Waals surface area contributed by atoms with Gasteiger partial charge in [0.15, 0.2) is 0 Å². The van der Waals surface area contributed by atoms with Gasteiger partial charge in [0.1, 0.15) is 12.1 Å². The number of carbonyl (C=O) groups is 2. The molecule has 16 heavy (non-hydrogen) atoms. The van der Waals surface area contributed by atoms with Gasteiger partial charge < -0.3 is 10.1 Å². The third-order valence-corrected chi connectivity index (χ3v) is 1.46. The fourth-order valence-corrected chi connectivity index (χ4v) is 0.839. The van der Waals surface area contributed by atoms with E-state index in [0.717, 1.165) is 5.06 Å². The molecule has 0 aliphatic carbocycles. The zero-order valence-electron chi connectivity index (χ0n) is 10.5. The highest BCUT2D eigenvalue weighted by molar-refractivity contribution is 5.81. The Labute approximate surface area is 95.8 Å². The molecular formula is C10H20N2O4. The summed E-state index contributed by atoms with van der Waals surface area (Å²) in [5.74, 6) is -0.340. The number of hydrogen-bond donors (Lipinski definition) is 1. The van der Waals surface area contributed by atoms with E-state index in [0.29, 0.717) is 6.61 Å². The molecule has 0 aliphatic heterocycles. The van der Waals surface area contributed by atoms with Crippen LogP contribution in [-0.2, 0) is 14.4 Å². The molecule has 0 radical (unpaired) electrons. The molecule has 1 N–H and O–H groups in total. The molecule has 0 atom stereocenters. The molecule has 0 unspecified atom stereocenters. The summed E-state index contributed by atoms with van der Waals surface area (Å²) in [5.41, 5.74) is -0.570. The zero-order valence-corrected chi connectivity index (χ0v) is 10.5. The average Bonchev–Trinajstić information content (AvgIpc) is 2.11. The van der Waals surface area contributed by atoms with Crippen LogP contribution in [0, 0.1) is 0 Å². The van der Waals surface area contributed by atoms with Crippen molar-refractivity contribution in [3.8, 4) is 0 Å². The van der Waals surface area contributed by atoms with Crippen LogP contribution in [0.4, 0.5) is 4.79 Å². The molecule has 0 aromatic rings. The lowest BCUT2D eigenvalue weighted by molar-refractivity contribution is -0.175. The molecule has 0 aromatic heterocycles. The Bertz CT molecular complexity index is 248. The lowest BCUT2D eigenvalue weighted by Crippen LogP contribution is -2.40. The van der Waals surface area contributed by atoms with Crippen molar-refractivity contribution in [3.05, 3.63) is 0 Å². The van der Waals surface area contributed by atoms with Crippen molar-refractivity contribution in [2.45, 2.75) is 33.3 Å². The fraction of sp³-hybridized carbons (Fsp3) is 0.800. The number of hydrogen-bond acceptors (Lipinski definition) is 4. The number of nitrogens with zero attached hydrogens (tertiary/aromatic N) is 1. The second kappa shape index (κ2) is 6.32. The molecule has 0 fully saturated rings. The second-order valence-electron chi connectivity index (χ2n) is 4.16. The number of alkyl carbamates (subject to hydrolysis) is 1. The van der Waals surface area contributed by atoms with Crippen LogP contribution < -0.4 is 5.32 Å². The molecular weight excluding hydrogens is 212 g/mol. The monoisotopic (exact) mass is 232 g/mol. The second-order valence-corrected chi connectivity index (χ2v) is 4.16. The van der Waals surface area contributed by atoms with Crippen molar-refractivity contribution < 1.29 is 19.2 Å². The number of amides is 2. The molecule has 0 aliphatic rings. The molecule has 94 valence electrons. The predicted octanol–water partition coefficient (Wildman–Crippen LogP) is 0.921. The summed E-state index contributed by atoms with van der Waals surface area (Å²) in [5, 5.41) is 3.43. The largest absolute Gasteiger partial charge is 0.444 e. The topological polar surface area (TPSA) is 67.9 Å². The molecule has 0 bridgehead atoms. The Hall–Kier alpha value is -1.30. The Morgan fingerprint density at radius 2 is 1.88 bits per heavy atom. The number of rotatable bonds is 4. The first-order chi connectivity index (χ1) is 7.26. The smallest absolute Gasteiger partial charge is 0.408 e. The number of carbonyl (C=O) groups excluding carboxylic acids is 2. The van der Waals surface area contributed by atoms with E-state index < -0.39 is 11.7 Å². The van der Waals surface area contributed by atoms with Crippen LogP contribution >= 0.6 is 0 Å². The van der Waals surface area contributed by atoms with Crippen molar-refractivity contribution >= 4 is 12.0 Å². The van der Waals surface area contributed by atoms with Crippen LogP contribution in [0.3, 0.4) is 0 Å². The number of likely N-dealkylation sites (N-methyl/N-ethyl adjacent to an activating group) is 1. The Balaban J connectivity index is 3.88. The van der Waals surface area contributed by atoms with Gasteiger partial charge in [0.25, 0.3) is 5.91 Å². The molecule has 0 heterocycles. The van der Waals surface area contributed by atoms with E-state index in [4.69, 9.17) is 9.57 Å². The molecule has 0 rings (SSSR count). The molecule has 6 nitrogen and oxygen atoms in total. The van der Waals surface area contributed by atoms with Crippen LogP contribution in [0.15, 0.2) is 0 Å².